The van der Waals surface area contributed by atoms with E-state index in [1.54, 1.807) is 24.3 Å². The molecule has 138 valence electrons. The highest BCUT2D eigenvalue weighted by molar-refractivity contribution is 7.92. The fourth-order valence-corrected chi connectivity index (χ4v) is 3.85. The van der Waals surface area contributed by atoms with Crippen LogP contribution in [-0.4, -0.2) is 33.2 Å². The van der Waals surface area contributed by atoms with Crippen molar-refractivity contribution in [3.63, 3.8) is 0 Å². The van der Waals surface area contributed by atoms with Gasteiger partial charge in [0.1, 0.15) is 5.75 Å². The Bertz CT molecular complexity index is 940. The first-order chi connectivity index (χ1) is 12.3. The average Bonchev–Trinajstić information content (AvgIpc) is 2.77. The third kappa shape index (κ3) is 3.83. The fourth-order valence-electron chi connectivity index (χ4n) is 2.90. The van der Waals surface area contributed by atoms with E-state index in [2.05, 4.69) is 5.32 Å². The van der Waals surface area contributed by atoms with Gasteiger partial charge in [-0.1, -0.05) is 18.2 Å². The number of aryl methyl sites for hydroxylation is 2. The van der Waals surface area contributed by atoms with Gasteiger partial charge in [-0.2, -0.15) is 0 Å². The van der Waals surface area contributed by atoms with Crippen LogP contribution in [0.3, 0.4) is 0 Å². The number of anilines is 2. The molecule has 0 aliphatic carbocycles. The van der Waals surface area contributed by atoms with Gasteiger partial charge in [-0.3, -0.25) is 9.10 Å². The molecule has 2 aromatic rings. The number of sulfonamides is 1. The first-order valence-electron chi connectivity index (χ1n) is 8.37. The molecule has 0 unspecified atom stereocenters. The van der Waals surface area contributed by atoms with E-state index >= 15 is 0 Å². The second-order valence-corrected chi connectivity index (χ2v) is 8.39. The number of hydrogen-bond acceptors (Lipinski definition) is 4. The van der Waals surface area contributed by atoms with Gasteiger partial charge in [0.05, 0.1) is 11.9 Å². The Morgan fingerprint density at radius 2 is 1.88 bits per heavy atom. The van der Waals surface area contributed by atoms with E-state index in [4.69, 9.17) is 4.74 Å². The standard InChI is InChI=1S/C19H22N2O4S/c1-13-8-9-15(12-14(13)2)20-19(22)18-10-11-21(26(3,23)24)16-6-4-5-7-17(16)25-18/h4-9,12,18H,10-11H2,1-3H3,(H,20,22)/t18-/m0/s1. The van der Waals surface area contributed by atoms with Crippen molar-refractivity contribution >= 4 is 27.3 Å². The maximum atomic E-state index is 12.7. The van der Waals surface area contributed by atoms with E-state index < -0.39 is 16.1 Å². The third-order valence-corrected chi connectivity index (χ3v) is 5.64. The van der Waals surface area contributed by atoms with E-state index in [9.17, 15) is 13.2 Å². The lowest BCUT2D eigenvalue weighted by atomic mass is 10.1. The van der Waals surface area contributed by atoms with Gasteiger partial charge < -0.3 is 10.1 Å². The van der Waals surface area contributed by atoms with Gasteiger partial charge in [-0.15, -0.1) is 0 Å². The fraction of sp³-hybridized carbons (Fsp3) is 0.316. The molecule has 0 aromatic heterocycles. The van der Waals surface area contributed by atoms with Crippen LogP contribution in [0.1, 0.15) is 17.5 Å². The van der Waals surface area contributed by atoms with Gasteiger partial charge in [0.2, 0.25) is 10.0 Å². The van der Waals surface area contributed by atoms with E-state index in [-0.39, 0.29) is 18.9 Å². The number of hydrogen-bond donors (Lipinski definition) is 1. The summed E-state index contributed by atoms with van der Waals surface area (Å²) in [5, 5.41) is 2.86. The van der Waals surface area contributed by atoms with Crippen molar-refractivity contribution in [2.75, 3.05) is 22.4 Å². The molecule has 0 spiro atoms. The van der Waals surface area contributed by atoms with Crippen LogP contribution in [0.25, 0.3) is 0 Å². The van der Waals surface area contributed by atoms with Gasteiger partial charge in [-0.05, 0) is 49.2 Å². The molecule has 0 saturated carbocycles. The highest BCUT2D eigenvalue weighted by atomic mass is 32.2. The largest absolute Gasteiger partial charge is 0.478 e. The summed E-state index contributed by atoms with van der Waals surface area (Å²) in [4.78, 5) is 12.7. The summed E-state index contributed by atoms with van der Waals surface area (Å²) in [6.07, 6.45) is 0.641. The van der Waals surface area contributed by atoms with Crippen LogP contribution in [-0.2, 0) is 14.8 Å². The van der Waals surface area contributed by atoms with Crippen molar-refractivity contribution in [1.29, 1.82) is 0 Å². The molecule has 0 saturated heterocycles. The molecule has 1 aliphatic rings. The highest BCUT2D eigenvalue weighted by Crippen LogP contribution is 2.34. The summed E-state index contributed by atoms with van der Waals surface area (Å²) in [6.45, 7) is 4.17. The Hall–Kier alpha value is -2.54. The van der Waals surface area contributed by atoms with Gasteiger partial charge >= 0.3 is 0 Å². The normalized spacial score (nSPS) is 17.0. The first-order valence-corrected chi connectivity index (χ1v) is 10.2. The lowest BCUT2D eigenvalue weighted by molar-refractivity contribution is -0.122. The number of nitrogens with one attached hydrogen (secondary N) is 1. The van der Waals surface area contributed by atoms with Gasteiger partial charge in [0, 0.05) is 18.7 Å². The molecule has 0 radical (unpaired) electrons. The number of nitrogens with zero attached hydrogens (tertiary/aromatic N) is 1. The molecular weight excluding hydrogens is 352 g/mol. The number of fused-ring (bicyclic) bond motifs is 1. The number of amides is 1. The molecule has 1 heterocycles. The van der Waals surface area contributed by atoms with Crippen LogP contribution in [0.4, 0.5) is 11.4 Å². The topological polar surface area (TPSA) is 75.7 Å². The number of rotatable bonds is 3. The number of carbonyl (C=O) groups is 1. The summed E-state index contributed by atoms with van der Waals surface area (Å²) in [6, 6.07) is 12.5. The van der Waals surface area contributed by atoms with Crippen LogP contribution < -0.4 is 14.4 Å². The Morgan fingerprint density at radius 3 is 2.58 bits per heavy atom. The molecule has 1 aliphatic heterocycles. The Balaban J connectivity index is 1.84. The van der Waals surface area contributed by atoms with E-state index in [0.717, 1.165) is 17.4 Å². The van der Waals surface area contributed by atoms with Crippen LogP contribution in [0.2, 0.25) is 0 Å². The van der Waals surface area contributed by atoms with Crippen LogP contribution in [0, 0.1) is 13.8 Å². The zero-order valence-corrected chi connectivity index (χ0v) is 15.8. The molecule has 26 heavy (non-hydrogen) atoms. The lowest BCUT2D eigenvalue weighted by Crippen LogP contribution is -2.36. The molecule has 2 aromatic carbocycles. The maximum Gasteiger partial charge on any atom is 0.265 e. The Labute approximate surface area is 153 Å². The lowest BCUT2D eigenvalue weighted by Gasteiger charge is -2.20. The SMILES string of the molecule is Cc1ccc(NC(=O)[C@@H]2CCN(S(C)(=O)=O)c3ccccc3O2)cc1C. The van der Waals surface area contributed by atoms with Gasteiger partial charge in [-0.25, -0.2) is 8.42 Å². The Kier molecular flexibility index (Phi) is 4.91. The summed E-state index contributed by atoms with van der Waals surface area (Å²) >= 11 is 0. The van der Waals surface area contributed by atoms with Crippen molar-refractivity contribution in [3.05, 3.63) is 53.6 Å². The zero-order chi connectivity index (χ0) is 18.9. The predicted octanol–water partition coefficient (Wildman–Crippen LogP) is 2.86. The summed E-state index contributed by atoms with van der Waals surface area (Å²) in [5.74, 6) is 0.0917. The smallest absolute Gasteiger partial charge is 0.265 e. The third-order valence-electron chi connectivity index (χ3n) is 4.46. The van der Waals surface area contributed by atoms with Crippen molar-refractivity contribution in [2.45, 2.75) is 26.4 Å². The summed E-state index contributed by atoms with van der Waals surface area (Å²) in [7, 11) is -3.46. The minimum absolute atomic E-state index is 0.181. The average molecular weight is 374 g/mol. The van der Waals surface area contributed by atoms with Gasteiger partial charge in [0.25, 0.3) is 5.91 Å². The van der Waals surface area contributed by atoms with Crippen molar-refractivity contribution in [3.8, 4) is 5.75 Å². The molecule has 1 amide bonds. The summed E-state index contributed by atoms with van der Waals surface area (Å²) in [5.41, 5.74) is 3.38. The molecule has 6 nitrogen and oxygen atoms in total. The minimum atomic E-state index is -3.46. The second kappa shape index (κ2) is 6.99. The van der Waals surface area contributed by atoms with Crippen LogP contribution >= 0.6 is 0 Å². The maximum absolute atomic E-state index is 12.7. The van der Waals surface area contributed by atoms with Gasteiger partial charge in [0.15, 0.2) is 6.10 Å². The molecule has 3 rings (SSSR count). The molecule has 1 N–H and O–H groups in total. The molecular formula is C19H22N2O4S. The molecule has 1 atom stereocenters. The molecule has 0 bridgehead atoms. The van der Waals surface area contributed by atoms with Crippen molar-refractivity contribution < 1.29 is 17.9 Å². The van der Waals surface area contributed by atoms with Crippen LogP contribution in [0.5, 0.6) is 5.75 Å². The number of carbonyl (C=O) groups excluding carboxylic acids is 1. The van der Waals surface area contributed by atoms with Crippen molar-refractivity contribution in [1.82, 2.24) is 0 Å². The Morgan fingerprint density at radius 1 is 1.15 bits per heavy atom. The second-order valence-electron chi connectivity index (χ2n) is 6.49. The predicted molar refractivity (Wildman–Crippen MR) is 102 cm³/mol. The number of para-hydroxylation sites is 2. The first kappa shape index (κ1) is 18.3. The quantitative estimate of drug-likeness (QED) is 0.896. The van der Waals surface area contributed by atoms with Crippen molar-refractivity contribution in [2.24, 2.45) is 0 Å². The summed E-state index contributed by atoms with van der Waals surface area (Å²) < 4.78 is 31.4. The molecule has 0 fully saturated rings. The highest BCUT2D eigenvalue weighted by Gasteiger charge is 2.31. The molecule has 7 heteroatoms. The van der Waals surface area contributed by atoms with E-state index in [1.165, 1.54) is 4.31 Å². The zero-order valence-electron chi connectivity index (χ0n) is 15.0. The number of benzene rings is 2. The monoisotopic (exact) mass is 374 g/mol. The number of ether oxygens (including phenoxy) is 1. The van der Waals surface area contributed by atoms with E-state index in [1.807, 2.05) is 32.0 Å². The van der Waals surface area contributed by atoms with Crippen LogP contribution in [0.15, 0.2) is 42.5 Å². The van der Waals surface area contributed by atoms with E-state index in [0.29, 0.717) is 17.1 Å². The minimum Gasteiger partial charge on any atom is -0.478 e.